The molecule has 0 radical (unpaired) electrons. The number of amides is 2. The molecule has 0 aromatic heterocycles. The van der Waals surface area contributed by atoms with Gasteiger partial charge in [-0.3, -0.25) is 9.59 Å². The molecule has 0 aromatic carbocycles. The summed E-state index contributed by atoms with van der Waals surface area (Å²) in [6, 6.07) is -1.46. The van der Waals surface area contributed by atoms with E-state index >= 15 is 0 Å². The fourth-order valence-corrected chi connectivity index (χ4v) is 4.40. The number of nitrogens with zero attached hydrogens (tertiary/aromatic N) is 1. The van der Waals surface area contributed by atoms with Crippen LogP contribution in [0.1, 0.15) is 94.9 Å². The topological polar surface area (TPSA) is 87.7 Å². The Kier molecular flexibility index (Phi) is 13.8. The molecule has 0 saturated heterocycles. The van der Waals surface area contributed by atoms with Crippen molar-refractivity contribution in [1.82, 2.24) is 15.5 Å². The molecule has 0 unspecified atom stereocenters. The largest absolute Gasteiger partial charge is 0.463 e. The van der Waals surface area contributed by atoms with Crippen molar-refractivity contribution in [3.05, 3.63) is 11.6 Å². The molecule has 0 heterocycles. The molecule has 204 valence electrons. The molecular weight excluding hydrogens is 442 g/mol. The number of hydrogen-bond donors (Lipinski definition) is 2. The molecule has 35 heavy (non-hydrogen) atoms. The van der Waals surface area contributed by atoms with Crippen molar-refractivity contribution in [2.75, 3.05) is 20.7 Å². The van der Waals surface area contributed by atoms with Crippen LogP contribution >= 0.6 is 0 Å². The van der Waals surface area contributed by atoms with Crippen LogP contribution in [0.2, 0.25) is 0 Å². The third-order valence-corrected chi connectivity index (χ3v) is 6.65. The van der Waals surface area contributed by atoms with Crippen LogP contribution in [0, 0.1) is 16.7 Å². The quantitative estimate of drug-likeness (QED) is 0.207. The van der Waals surface area contributed by atoms with E-state index in [2.05, 4.69) is 31.4 Å². The molecule has 0 aromatic rings. The summed E-state index contributed by atoms with van der Waals surface area (Å²) in [5, 5.41) is 6.26. The Labute approximate surface area is 214 Å². The Morgan fingerprint density at radius 2 is 1.57 bits per heavy atom. The van der Waals surface area contributed by atoms with Crippen molar-refractivity contribution in [3.8, 4) is 0 Å². The van der Waals surface area contributed by atoms with Gasteiger partial charge in [-0.25, -0.2) is 4.79 Å². The Morgan fingerprint density at radius 3 is 2.00 bits per heavy atom. The summed E-state index contributed by atoms with van der Waals surface area (Å²) < 4.78 is 5.11. The molecule has 0 aliphatic rings. The number of ether oxygens (including phenoxy) is 1. The number of nitrogens with one attached hydrogen (secondary N) is 2. The SMILES string of the molecule is CCCCCC(C)(C)[C@H](NC)C(=O)N[C@H](C(=O)N(C)[C@H](/C=C(\C)C(=O)OCC)C(C)C)C(C)(C)C. The third kappa shape index (κ3) is 10.3. The molecule has 0 bridgehead atoms. The molecular formula is C28H53N3O4. The Balaban J connectivity index is 5.92. The van der Waals surface area contributed by atoms with E-state index in [1.54, 1.807) is 38.9 Å². The number of hydrogen-bond acceptors (Lipinski definition) is 5. The van der Waals surface area contributed by atoms with Crippen LogP contribution in [-0.4, -0.2) is 61.5 Å². The van der Waals surface area contributed by atoms with Crippen molar-refractivity contribution in [1.29, 1.82) is 0 Å². The first-order valence-corrected chi connectivity index (χ1v) is 13.1. The Bertz CT molecular complexity index is 722. The highest BCUT2D eigenvalue weighted by Gasteiger charge is 2.40. The Morgan fingerprint density at radius 1 is 1.00 bits per heavy atom. The van der Waals surface area contributed by atoms with Crippen LogP contribution in [0.3, 0.4) is 0 Å². The zero-order chi connectivity index (χ0) is 27.6. The predicted octanol–water partition coefficient (Wildman–Crippen LogP) is 4.70. The van der Waals surface area contributed by atoms with Gasteiger partial charge in [-0.15, -0.1) is 0 Å². The monoisotopic (exact) mass is 495 g/mol. The van der Waals surface area contributed by atoms with Gasteiger partial charge >= 0.3 is 5.97 Å². The summed E-state index contributed by atoms with van der Waals surface area (Å²) in [5.74, 6) is -0.680. The highest BCUT2D eigenvalue weighted by molar-refractivity contribution is 5.91. The lowest BCUT2D eigenvalue weighted by Crippen LogP contribution is -2.61. The van der Waals surface area contributed by atoms with Gasteiger partial charge in [0.05, 0.1) is 18.7 Å². The van der Waals surface area contributed by atoms with E-state index in [9.17, 15) is 14.4 Å². The maximum absolute atomic E-state index is 13.8. The van der Waals surface area contributed by atoms with Crippen LogP contribution < -0.4 is 10.6 Å². The van der Waals surface area contributed by atoms with Crippen LogP contribution in [0.4, 0.5) is 0 Å². The smallest absolute Gasteiger partial charge is 0.333 e. The summed E-state index contributed by atoms with van der Waals surface area (Å²) in [7, 11) is 3.53. The molecule has 7 nitrogen and oxygen atoms in total. The molecule has 0 fully saturated rings. The zero-order valence-corrected chi connectivity index (χ0v) is 24.5. The van der Waals surface area contributed by atoms with E-state index in [4.69, 9.17) is 4.74 Å². The van der Waals surface area contributed by atoms with Gasteiger partial charge < -0.3 is 20.3 Å². The average molecular weight is 496 g/mol. The fraction of sp³-hybridized carbons (Fsp3) is 0.821. The second-order valence-electron chi connectivity index (χ2n) is 11.7. The maximum atomic E-state index is 13.8. The lowest BCUT2D eigenvalue weighted by molar-refractivity contribution is -0.141. The summed E-state index contributed by atoms with van der Waals surface area (Å²) in [4.78, 5) is 41.0. The number of rotatable bonds is 14. The van der Waals surface area contributed by atoms with Crippen LogP contribution in [0.5, 0.6) is 0 Å². The van der Waals surface area contributed by atoms with Crippen molar-refractivity contribution in [3.63, 3.8) is 0 Å². The minimum Gasteiger partial charge on any atom is -0.463 e. The zero-order valence-electron chi connectivity index (χ0n) is 24.5. The lowest BCUT2D eigenvalue weighted by atomic mass is 9.78. The number of carbonyl (C=O) groups is 3. The van der Waals surface area contributed by atoms with Gasteiger partial charge in [-0.05, 0) is 44.1 Å². The minimum absolute atomic E-state index is 0.0622. The standard InChI is InChI=1S/C28H53N3O4/c1-13-15-16-17-28(9,10)22(29-11)24(32)30-23(27(6,7)8)25(33)31(12)21(19(3)4)18-20(5)26(34)35-14-2/h18-19,21-23,29H,13-17H2,1-12H3,(H,30,32)/b20-18+/t21-,22-,23-/m1/s1. The molecule has 3 atom stereocenters. The predicted molar refractivity (Wildman–Crippen MR) is 144 cm³/mol. The van der Waals surface area contributed by atoms with E-state index in [1.165, 1.54) is 0 Å². The number of likely N-dealkylation sites (N-methyl/N-ethyl adjacent to an activating group) is 2. The molecule has 2 N–H and O–H groups in total. The molecule has 0 aliphatic heterocycles. The first-order chi connectivity index (χ1) is 16.0. The molecule has 0 saturated carbocycles. The van der Waals surface area contributed by atoms with Crippen molar-refractivity contribution in [2.45, 2.75) is 113 Å². The van der Waals surface area contributed by atoms with Gasteiger partial charge in [0.25, 0.3) is 0 Å². The number of unbranched alkanes of at least 4 members (excludes halogenated alkanes) is 2. The maximum Gasteiger partial charge on any atom is 0.333 e. The van der Waals surface area contributed by atoms with Gasteiger partial charge in [-0.1, -0.05) is 80.7 Å². The molecule has 2 amide bonds. The van der Waals surface area contributed by atoms with Crippen molar-refractivity contribution >= 4 is 17.8 Å². The minimum atomic E-state index is -0.722. The van der Waals surface area contributed by atoms with Gasteiger partial charge in [-0.2, -0.15) is 0 Å². The average Bonchev–Trinajstić information content (AvgIpc) is 2.74. The normalized spacial score (nSPS) is 15.4. The van der Waals surface area contributed by atoms with Crippen LogP contribution in [0.25, 0.3) is 0 Å². The van der Waals surface area contributed by atoms with Crippen molar-refractivity contribution in [2.24, 2.45) is 16.7 Å². The third-order valence-electron chi connectivity index (χ3n) is 6.65. The molecule has 0 spiro atoms. The fourth-order valence-electron chi connectivity index (χ4n) is 4.40. The van der Waals surface area contributed by atoms with Gasteiger partial charge in [0.2, 0.25) is 11.8 Å². The second kappa shape index (κ2) is 14.6. The Hall–Kier alpha value is -1.89. The van der Waals surface area contributed by atoms with Gasteiger partial charge in [0.1, 0.15) is 6.04 Å². The van der Waals surface area contributed by atoms with E-state index in [-0.39, 0.29) is 35.2 Å². The second-order valence-corrected chi connectivity index (χ2v) is 11.7. The van der Waals surface area contributed by atoms with E-state index in [0.717, 1.165) is 25.7 Å². The number of carbonyl (C=O) groups excluding carboxylic acids is 3. The summed E-state index contributed by atoms with van der Waals surface area (Å²) >= 11 is 0. The number of esters is 1. The van der Waals surface area contributed by atoms with Gasteiger partial charge in [0, 0.05) is 12.6 Å². The summed E-state index contributed by atoms with van der Waals surface area (Å²) in [6.45, 7) is 20.0. The van der Waals surface area contributed by atoms with Crippen molar-refractivity contribution < 1.29 is 19.1 Å². The van der Waals surface area contributed by atoms with E-state index in [0.29, 0.717) is 12.2 Å². The highest BCUT2D eigenvalue weighted by Crippen LogP contribution is 2.30. The van der Waals surface area contributed by atoms with Gasteiger partial charge in [0.15, 0.2) is 0 Å². The van der Waals surface area contributed by atoms with Crippen LogP contribution in [-0.2, 0) is 19.1 Å². The first-order valence-electron chi connectivity index (χ1n) is 13.1. The highest BCUT2D eigenvalue weighted by atomic mass is 16.5. The summed E-state index contributed by atoms with van der Waals surface area (Å²) in [5.41, 5.74) is -0.302. The molecule has 0 aliphatic carbocycles. The van der Waals surface area contributed by atoms with E-state index < -0.39 is 17.5 Å². The molecule has 0 rings (SSSR count). The van der Waals surface area contributed by atoms with E-state index in [1.807, 2.05) is 34.6 Å². The summed E-state index contributed by atoms with van der Waals surface area (Å²) in [6.07, 6.45) is 6.02. The molecule has 7 heteroatoms. The van der Waals surface area contributed by atoms with Crippen LogP contribution in [0.15, 0.2) is 11.6 Å². The lowest BCUT2D eigenvalue weighted by Gasteiger charge is -2.39. The first kappa shape index (κ1) is 33.1.